The number of nitrogens with one attached hydrogen (secondary N) is 1. The Balaban J connectivity index is 0.000000213. The Labute approximate surface area is 231 Å². The van der Waals surface area contributed by atoms with E-state index in [1.165, 1.54) is 44.2 Å². The Hall–Kier alpha value is -1.56. The first-order chi connectivity index (χ1) is 18.6. The summed E-state index contributed by atoms with van der Waals surface area (Å²) in [6.45, 7) is 5.38. The van der Waals surface area contributed by atoms with Crippen molar-refractivity contribution in [2.24, 2.45) is 29.6 Å². The Morgan fingerprint density at radius 1 is 0.974 bits per heavy atom. The van der Waals surface area contributed by atoms with Gasteiger partial charge in [-0.2, -0.15) is 18.2 Å². The van der Waals surface area contributed by atoms with Gasteiger partial charge in [-0.15, -0.1) is 0 Å². The van der Waals surface area contributed by atoms with Crippen molar-refractivity contribution in [3.05, 3.63) is 29.8 Å². The molecule has 7 fully saturated rings. The molecule has 5 saturated carbocycles. The number of hydrogen-bond donors (Lipinski definition) is 2. The molecule has 10 heteroatoms. The molecule has 1 aromatic rings. The van der Waals surface area contributed by atoms with Gasteiger partial charge in [-0.1, -0.05) is 17.7 Å². The van der Waals surface area contributed by atoms with E-state index in [2.05, 4.69) is 5.32 Å². The summed E-state index contributed by atoms with van der Waals surface area (Å²) in [6.07, 6.45) is 10.9. The molecule has 0 radical (unpaired) electrons. The van der Waals surface area contributed by atoms with Crippen molar-refractivity contribution in [2.75, 3.05) is 26.2 Å². The second-order valence-electron chi connectivity index (χ2n) is 12.8. The summed E-state index contributed by atoms with van der Waals surface area (Å²) in [5, 5.41) is 3.32. The van der Waals surface area contributed by atoms with E-state index in [9.17, 15) is 13.2 Å². The number of piperazine rings is 1. The van der Waals surface area contributed by atoms with E-state index in [-0.39, 0.29) is 4.90 Å². The number of carbonyl (C=O) groups excluding carboxylic acids is 1. The summed E-state index contributed by atoms with van der Waals surface area (Å²) in [4.78, 5) is 26.7. The van der Waals surface area contributed by atoms with Gasteiger partial charge in [0, 0.05) is 57.3 Å². The Morgan fingerprint density at radius 3 is 2.13 bits per heavy atom. The average Bonchev–Trinajstić information content (AvgIpc) is 3.29. The van der Waals surface area contributed by atoms with Crippen LogP contribution >= 0.6 is 0 Å². The first-order valence-electron chi connectivity index (χ1n) is 14.7. The molecule has 2 saturated heterocycles. The molecule has 7 aliphatic rings. The predicted octanol–water partition coefficient (Wildman–Crippen LogP) is 4.07. The first-order valence-corrected chi connectivity index (χ1v) is 16.2. The molecule has 39 heavy (non-hydrogen) atoms. The van der Waals surface area contributed by atoms with E-state index in [1.807, 2.05) is 11.8 Å². The van der Waals surface area contributed by atoms with Gasteiger partial charge in [0.2, 0.25) is 17.5 Å². The monoisotopic (exact) mass is 562 g/mol. The fourth-order valence-electron chi connectivity index (χ4n) is 8.12. The van der Waals surface area contributed by atoms with Gasteiger partial charge in [0.15, 0.2) is 0 Å². The van der Waals surface area contributed by atoms with E-state index in [4.69, 9.17) is 19.1 Å². The van der Waals surface area contributed by atoms with E-state index in [1.54, 1.807) is 12.1 Å². The van der Waals surface area contributed by atoms with E-state index < -0.39 is 21.7 Å². The molecule has 8 rings (SSSR count). The highest BCUT2D eigenvalue weighted by molar-refractivity contribution is 7.85. The highest BCUT2D eigenvalue weighted by Crippen LogP contribution is 2.63. The summed E-state index contributed by atoms with van der Waals surface area (Å²) in [7, 11) is -4.02. The van der Waals surface area contributed by atoms with Gasteiger partial charge in [0.25, 0.3) is 10.1 Å². The number of amides is 1. The van der Waals surface area contributed by atoms with Crippen molar-refractivity contribution in [1.29, 1.82) is 0 Å². The number of carbonyl (C=O) groups is 1. The van der Waals surface area contributed by atoms with Crippen LogP contribution in [-0.4, -0.2) is 61.5 Å². The average molecular weight is 563 g/mol. The lowest BCUT2D eigenvalue weighted by molar-refractivity contribution is -0.390. The summed E-state index contributed by atoms with van der Waals surface area (Å²) < 4.78 is 36.3. The summed E-state index contributed by atoms with van der Waals surface area (Å²) in [6, 6.07) is 5.99. The lowest BCUT2D eigenvalue weighted by Gasteiger charge is -2.57. The van der Waals surface area contributed by atoms with Crippen LogP contribution in [0.15, 0.2) is 29.2 Å². The minimum Gasteiger partial charge on any atom is -0.340 e. The van der Waals surface area contributed by atoms with Crippen LogP contribution in [0.4, 0.5) is 0 Å². The van der Waals surface area contributed by atoms with Crippen LogP contribution in [0.2, 0.25) is 0 Å². The lowest BCUT2D eigenvalue weighted by Crippen LogP contribution is -2.59. The third-order valence-corrected chi connectivity index (χ3v) is 10.9. The molecule has 2 aliphatic heterocycles. The zero-order valence-corrected chi connectivity index (χ0v) is 23.7. The maximum Gasteiger partial charge on any atom is 0.294 e. The van der Waals surface area contributed by atoms with Crippen LogP contribution in [-0.2, 0) is 29.4 Å². The molecule has 4 bridgehead atoms. The zero-order valence-electron chi connectivity index (χ0n) is 22.8. The molecule has 5 aliphatic carbocycles. The predicted molar refractivity (Wildman–Crippen MR) is 143 cm³/mol. The standard InChI is InChI=1S/C22H34N2O4.C7H8O3S/c25-20(24-7-5-23-6-8-24)14-15-1-3-21(4-2-15)26-22(28-27-21)18-10-16-9-17(12-18)13-19(22)11-16;1-6-2-4-7(5-3-6)11(8,9)10/h15-19,23H,1-14H2;2-5H,1H3,(H,8,9,10). The third kappa shape index (κ3) is 5.65. The summed E-state index contributed by atoms with van der Waals surface area (Å²) in [5.74, 6) is 2.60. The minimum atomic E-state index is -4.02. The number of rotatable bonds is 3. The van der Waals surface area contributed by atoms with Gasteiger partial charge >= 0.3 is 0 Å². The van der Waals surface area contributed by atoms with E-state index in [0.717, 1.165) is 69.3 Å². The van der Waals surface area contributed by atoms with Crippen LogP contribution < -0.4 is 5.32 Å². The number of ether oxygens (including phenoxy) is 1. The molecule has 2 spiro atoms. The third-order valence-electron chi connectivity index (χ3n) is 10.1. The van der Waals surface area contributed by atoms with Crippen molar-refractivity contribution in [3.63, 3.8) is 0 Å². The topological polar surface area (TPSA) is 114 Å². The van der Waals surface area contributed by atoms with Crippen LogP contribution in [0.5, 0.6) is 0 Å². The molecule has 0 unspecified atom stereocenters. The smallest absolute Gasteiger partial charge is 0.294 e. The maximum atomic E-state index is 12.6. The van der Waals surface area contributed by atoms with Crippen LogP contribution in [0.3, 0.4) is 0 Å². The highest BCUT2D eigenvalue weighted by atomic mass is 32.2. The second-order valence-corrected chi connectivity index (χ2v) is 14.2. The molecule has 2 N–H and O–H groups in total. The van der Waals surface area contributed by atoms with Crippen molar-refractivity contribution in [1.82, 2.24) is 10.2 Å². The van der Waals surface area contributed by atoms with Gasteiger partial charge < -0.3 is 15.0 Å². The van der Waals surface area contributed by atoms with Gasteiger partial charge in [-0.05, 0) is 81.8 Å². The molecule has 1 amide bonds. The van der Waals surface area contributed by atoms with Gasteiger partial charge in [0.1, 0.15) is 0 Å². The largest absolute Gasteiger partial charge is 0.340 e. The molecule has 0 aromatic heterocycles. The quantitative estimate of drug-likeness (QED) is 0.419. The van der Waals surface area contributed by atoms with Crippen molar-refractivity contribution in [2.45, 2.75) is 87.6 Å². The van der Waals surface area contributed by atoms with Crippen molar-refractivity contribution >= 4 is 16.0 Å². The highest BCUT2D eigenvalue weighted by Gasteiger charge is 2.66. The van der Waals surface area contributed by atoms with Crippen LogP contribution in [0.1, 0.15) is 69.8 Å². The normalized spacial score (nSPS) is 39.1. The first kappa shape index (κ1) is 27.6. The summed E-state index contributed by atoms with van der Waals surface area (Å²) in [5.41, 5.74) is 0.956. The Kier molecular flexibility index (Phi) is 7.56. The number of hydrogen-bond acceptors (Lipinski definition) is 7. The number of aryl methyl sites for hydroxylation is 1. The van der Waals surface area contributed by atoms with Gasteiger partial charge in [0.05, 0.1) is 4.90 Å². The molecular formula is C29H42N2O7S. The minimum absolute atomic E-state index is 0.0666. The molecule has 9 nitrogen and oxygen atoms in total. The fourth-order valence-corrected chi connectivity index (χ4v) is 8.60. The van der Waals surface area contributed by atoms with Gasteiger partial charge in [-0.25, -0.2) is 0 Å². The fraction of sp³-hybridized carbons (Fsp3) is 0.759. The van der Waals surface area contributed by atoms with Crippen LogP contribution in [0.25, 0.3) is 0 Å². The second kappa shape index (κ2) is 10.7. The van der Waals surface area contributed by atoms with E-state index >= 15 is 0 Å². The molecule has 216 valence electrons. The van der Waals surface area contributed by atoms with E-state index in [0.29, 0.717) is 30.1 Å². The van der Waals surface area contributed by atoms with Crippen molar-refractivity contribution < 1.29 is 32.3 Å². The van der Waals surface area contributed by atoms with Crippen molar-refractivity contribution in [3.8, 4) is 0 Å². The molecular weight excluding hydrogens is 520 g/mol. The molecule has 0 atom stereocenters. The molecule has 2 heterocycles. The SMILES string of the molecule is Cc1ccc(S(=O)(=O)O)cc1.O=C(CC1CCC2(CC1)OOC1(O2)C2CC3CC(C2)CC1C3)N1CCNCC1. The maximum absolute atomic E-state index is 12.6. The lowest BCUT2D eigenvalue weighted by atomic mass is 9.53. The Bertz CT molecular complexity index is 1110. The number of benzene rings is 1. The Morgan fingerprint density at radius 2 is 1.56 bits per heavy atom. The number of nitrogens with zero attached hydrogens (tertiary/aromatic N) is 1. The zero-order chi connectivity index (χ0) is 27.3. The van der Waals surface area contributed by atoms with Crippen LogP contribution in [0, 0.1) is 36.5 Å². The molecule has 1 aromatic carbocycles. The summed E-state index contributed by atoms with van der Waals surface area (Å²) >= 11 is 0. The van der Waals surface area contributed by atoms with Gasteiger partial charge in [-0.3, -0.25) is 9.35 Å².